The summed E-state index contributed by atoms with van der Waals surface area (Å²) in [6.45, 7) is 2.30. The van der Waals surface area contributed by atoms with Gasteiger partial charge < -0.3 is 10.5 Å². The maximum atomic E-state index is 6.23. The van der Waals surface area contributed by atoms with Crippen molar-refractivity contribution in [2.45, 2.75) is 70.4 Å². The van der Waals surface area contributed by atoms with Crippen molar-refractivity contribution >= 4 is 0 Å². The zero-order chi connectivity index (χ0) is 13.9. The van der Waals surface area contributed by atoms with Crippen molar-refractivity contribution in [2.75, 3.05) is 0 Å². The maximum Gasteiger partial charge on any atom is 0.120 e. The van der Waals surface area contributed by atoms with Gasteiger partial charge in [0.1, 0.15) is 5.75 Å². The van der Waals surface area contributed by atoms with E-state index >= 15 is 0 Å². The van der Waals surface area contributed by atoms with Gasteiger partial charge in [-0.1, -0.05) is 19.4 Å². The van der Waals surface area contributed by atoms with E-state index in [4.69, 9.17) is 10.5 Å². The molecule has 0 heterocycles. The molecule has 0 amide bonds. The Morgan fingerprint density at radius 1 is 1.15 bits per heavy atom. The largest absolute Gasteiger partial charge is 0.490 e. The van der Waals surface area contributed by atoms with Gasteiger partial charge in [0, 0.05) is 6.04 Å². The number of aryl methyl sites for hydroxylation is 1. The molecule has 1 atom stereocenters. The first-order chi connectivity index (χ1) is 9.76. The zero-order valence-corrected chi connectivity index (χ0v) is 12.6. The second-order valence-corrected chi connectivity index (χ2v) is 6.53. The van der Waals surface area contributed by atoms with Gasteiger partial charge >= 0.3 is 0 Å². The Labute approximate surface area is 122 Å². The van der Waals surface area contributed by atoms with Gasteiger partial charge in [-0.15, -0.1) is 0 Å². The highest BCUT2D eigenvalue weighted by Gasteiger charge is 2.22. The third kappa shape index (κ3) is 3.01. The predicted octanol–water partition coefficient (Wildman–Crippen LogP) is 4.37. The van der Waals surface area contributed by atoms with Crippen LogP contribution < -0.4 is 10.5 Å². The number of benzene rings is 1. The van der Waals surface area contributed by atoms with E-state index in [1.165, 1.54) is 56.1 Å². The van der Waals surface area contributed by atoms with E-state index < -0.39 is 0 Å². The van der Waals surface area contributed by atoms with Gasteiger partial charge in [0.25, 0.3) is 0 Å². The van der Waals surface area contributed by atoms with Crippen LogP contribution in [0.1, 0.15) is 69.0 Å². The Morgan fingerprint density at radius 3 is 2.70 bits per heavy atom. The first-order valence-electron chi connectivity index (χ1n) is 8.31. The van der Waals surface area contributed by atoms with Gasteiger partial charge in [0.2, 0.25) is 0 Å². The summed E-state index contributed by atoms with van der Waals surface area (Å²) >= 11 is 0. The first kappa shape index (κ1) is 13.9. The summed E-state index contributed by atoms with van der Waals surface area (Å²) < 4.78 is 6.21. The molecule has 0 aliphatic heterocycles. The van der Waals surface area contributed by atoms with Crippen LogP contribution in [0.15, 0.2) is 18.2 Å². The van der Waals surface area contributed by atoms with Crippen LogP contribution in [0.25, 0.3) is 0 Å². The van der Waals surface area contributed by atoms with Crippen LogP contribution in [-0.2, 0) is 6.42 Å². The van der Waals surface area contributed by atoms with E-state index in [0.29, 0.717) is 6.10 Å². The summed E-state index contributed by atoms with van der Waals surface area (Å²) in [4.78, 5) is 0. The summed E-state index contributed by atoms with van der Waals surface area (Å²) in [5, 5.41) is 0. The molecule has 0 spiro atoms. The van der Waals surface area contributed by atoms with Crippen LogP contribution in [0, 0.1) is 5.92 Å². The molecule has 0 saturated heterocycles. The lowest BCUT2D eigenvalue weighted by atomic mass is 9.85. The minimum Gasteiger partial charge on any atom is -0.490 e. The second-order valence-electron chi connectivity index (χ2n) is 6.53. The van der Waals surface area contributed by atoms with Gasteiger partial charge in [0.05, 0.1) is 6.10 Å². The number of ether oxygens (including phenoxy) is 1. The van der Waals surface area contributed by atoms with E-state index in [1.807, 2.05) is 0 Å². The lowest BCUT2D eigenvalue weighted by Crippen LogP contribution is -2.24. The van der Waals surface area contributed by atoms with E-state index in [2.05, 4.69) is 25.1 Å². The van der Waals surface area contributed by atoms with Crippen LogP contribution in [0.2, 0.25) is 0 Å². The van der Waals surface area contributed by atoms with Crippen molar-refractivity contribution in [3.8, 4) is 5.75 Å². The zero-order valence-electron chi connectivity index (χ0n) is 12.6. The number of hydrogen-bond acceptors (Lipinski definition) is 2. The summed E-state index contributed by atoms with van der Waals surface area (Å²) in [5.74, 6) is 1.95. The molecule has 1 fully saturated rings. The van der Waals surface area contributed by atoms with E-state index in [9.17, 15) is 0 Å². The highest BCUT2D eigenvalue weighted by atomic mass is 16.5. The highest BCUT2D eigenvalue weighted by Crippen LogP contribution is 2.33. The summed E-state index contributed by atoms with van der Waals surface area (Å²) in [5.41, 5.74) is 8.97. The molecule has 1 aromatic rings. The van der Waals surface area contributed by atoms with Crippen molar-refractivity contribution in [1.29, 1.82) is 0 Å². The molecular formula is C18H27NO. The summed E-state index contributed by atoms with van der Waals surface area (Å²) in [6, 6.07) is 6.77. The predicted molar refractivity (Wildman–Crippen MR) is 83.0 cm³/mol. The number of hydrogen-bond donors (Lipinski definition) is 1. The Balaban J connectivity index is 1.65. The average Bonchev–Trinajstić information content (AvgIpc) is 2.49. The fraction of sp³-hybridized carbons (Fsp3) is 0.667. The monoisotopic (exact) mass is 273 g/mol. The molecule has 3 rings (SSSR count). The molecule has 0 aromatic heterocycles. The quantitative estimate of drug-likeness (QED) is 0.887. The molecule has 2 N–H and O–H groups in total. The number of rotatable bonds is 3. The molecule has 20 heavy (non-hydrogen) atoms. The standard InChI is InChI=1S/C18H27NO/c1-2-13-6-9-15(10-7-13)20-16-11-8-14-4-3-5-18(19)17(14)12-16/h8,11-13,15,18H,2-7,9-10,19H2,1H3/t13?,15?,18-/m0/s1. The lowest BCUT2D eigenvalue weighted by Gasteiger charge is -2.29. The molecule has 0 unspecified atom stereocenters. The second kappa shape index (κ2) is 6.17. The van der Waals surface area contributed by atoms with Crippen molar-refractivity contribution in [2.24, 2.45) is 11.7 Å². The van der Waals surface area contributed by atoms with Crippen molar-refractivity contribution in [1.82, 2.24) is 0 Å². The molecular weight excluding hydrogens is 246 g/mol. The van der Waals surface area contributed by atoms with Gasteiger partial charge in [-0.3, -0.25) is 0 Å². The smallest absolute Gasteiger partial charge is 0.120 e. The van der Waals surface area contributed by atoms with Crippen LogP contribution in [0.5, 0.6) is 5.75 Å². The highest BCUT2D eigenvalue weighted by molar-refractivity contribution is 5.39. The van der Waals surface area contributed by atoms with Gasteiger partial charge in [-0.25, -0.2) is 0 Å². The van der Waals surface area contributed by atoms with Crippen molar-refractivity contribution in [3.05, 3.63) is 29.3 Å². The molecule has 2 aliphatic carbocycles. The number of fused-ring (bicyclic) bond motifs is 1. The van der Waals surface area contributed by atoms with E-state index in [0.717, 1.165) is 18.1 Å². The Morgan fingerprint density at radius 2 is 1.95 bits per heavy atom. The first-order valence-corrected chi connectivity index (χ1v) is 8.31. The van der Waals surface area contributed by atoms with Crippen LogP contribution in [0.3, 0.4) is 0 Å². The van der Waals surface area contributed by atoms with E-state index in [1.54, 1.807) is 0 Å². The van der Waals surface area contributed by atoms with Crippen LogP contribution >= 0.6 is 0 Å². The molecule has 0 radical (unpaired) electrons. The molecule has 2 aliphatic rings. The molecule has 0 bridgehead atoms. The van der Waals surface area contributed by atoms with Crippen LogP contribution in [0.4, 0.5) is 0 Å². The fourth-order valence-corrected chi connectivity index (χ4v) is 3.74. The Kier molecular flexibility index (Phi) is 4.30. The summed E-state index contributed by atoms with van der Waals surface area (Å²) in [7, 11) is 0. The molecule has 110 valence electrons. The lowest BCUT2D eigenvalue weighted by molar-refractivity contribution is 0.130. The number of nitrogens with two attached hydrogens (primary N) is 1. The fourth-order valence-electron chi connectivity index (χ4n) is 3.74. The van der Waals surface area contributed by atoms with E-state index in [-0.39, 0.29) is 6.04 Å². The Hall–Kier alpha value is -1.02. The van der Waals surface area contributed by atoms with Crippen molar-refractivity contribution < 1.29 is 4.74 Å². The van der Waals surface area contributed by atoms with Gasteiger partial charge in [-0.2, -0.15) is 0 Å². The third-order valence-electron chi connectivity index (χ3n) is 5.15. The minimum absolute atomic E-state index is 0.207. The third-order valence-corrected chi connectivity index (χ3v) is 5.15. The normalized spacial score (nSPS) is 29.8. The topological polar surface area (TPSA) is 35.2 Å². The average molecular weight is 273 g/mol. The minimum atomic E-state index is 0.207. The molecule has 2 heteroatoms. The maximum absolute atomic E-state index is 6.23. The SMILES string of the molecule is CCC1CCC(Oc2ccc3c(c2)[C@@H](N)CCC3)CC1. The molecule has 1 saturated carbocycles. The van der Waals surface area contributed by atoms with Crippen LogP contribution in [-0.4, -0.2) is 6.10 Å². The van der Waals surface area contributed by atoms with Crippen molar-refractivity contribution in [3.63, 3.8) is 0 Å². The molecule has 2 nitrogen and oxygen atoms in total. The molecule has 1 aromatic carbocycles. The van der Waals surface area contributed by atoms with Gasteiger partial charge in [-0.05, 0) is 74.1 Å². The summed E-state index contributed by atoms with van der Waals surface area (Å²) in [6.07, 6.45) is 10.3. The Bertz CT molecular complexity index is 449. The van der Waals surface area contributed by atoms with Gasteiger partial charge in [0.15, 0.2) is 0 Å².